The molecule has 0 saturated heterocycles. The zero-order valence-corrected chi connectivity index (χ0v) is 27.9. The van der Waals surface area contributed by atoms with Crippen LogP contribution in [0.25, 0.3) is 0 Å². The molecule has 41 heavy (non-hydrogen) atoms. The molecule has 1 aromatic rings. The molecule has 1 aromatic carbocycles. The van der Waals surface area contributed by atoms with Crippen molar-refractivity contribution in [2.75, 3.05) is 43.9 Å². The predicted octanol–water partition coefficient (Wildman–Crippen LogP) is 9.69. The van der Waals surface area contributed by atoms with Gasteiger partial charge in [0, 0.05) is 13.6 Å². The minimum absolute atomic E-state index is 0.378. The smallest absolute Gasteiger partial charge is 0.253 e. The van der Waals surface area contributed by atoms with Crippen molar-refractivity contribution in [2.45, 2.75) is 168 Å². The van der Waals surface area contributed by atoms with Gasteiger partial charge < -0.3 is 15.5 Å². The molecule has 0 aliphatic rings. The minimum atomic E-state index is -0.395. The van der Waals surface area contributed by atoms with E-state index in [1.165, 1.54) is 154 Å². The van der Waals surface area contributed by atoms with Gasteiger partial charge in [0.15, 0.2) is 0 Å². The quantitative estimate of drug-likeness (QED) is 0.0681. The van der Waals surface area contributed by atoms with Crippen LogP contribution >= 0.6 is 0 Å². The highest BCUT2D eigenvalue weighted by atomic mass is 16.2. The van der Waals surface area contributed by atoms with Gasteiger partial charge >= 0.3 is 0 Å². The fraction of sp³-hybridized carbons (Fsp3) is 0.889. The molecule has 0 amide bonds. The van der Waals surface area contributed by atoms with E-state index in [9.17, 15) is 9.59 Å². The molecule has 0 saturated carbocycles. The van der Waals surface area contributed by atoms with E-state index in [0.29, 0.717) is 11.4 Å². The molecule has 0 radical (unpaired) electrons. The summed E-state index contributed by atoms with van der Waals surface area (Å²) in [6.07, 6.45) is 31.5. The standard InChI is InChI=1S/C36H69N3O2/c1-5-8-11-12-17-22-29-39(31-24-28-38-34-33(37-4)35(40)36(34)41)30-23-18-15-13-14-16-21-27-32(25-19-9-6-2)26-20-10-7-3/h32,37-38H,5-31H2,1-4H3. The first-order valence-electron chi connectivity index (χ1n) is 18.1. The Morgan fingerprint density at radius 1 is 0.512 bits per heavy atom. The number of anilines is 2. The normalized spacial score (nSPS) is 11.8. The SMILES string of the molecule is CCCCCCCCN(CCCCCCCCCC(CCCCC)CCCCC)CCCNc1c(NC)c(=O)c1=O. The van der Waals surface area contributed by atoms with Gasteiger partial charge in [-0.05, 0) is 44.8 Å². The third kappa shape index (κ3) is 18.0. The molecule has 0 aromatic heterocycles. The first kappa shape index (κ1) is 37.7. The van der Waals surface area contributed by atoms with Crippen LogP contribution in [-0.4, -0.2) is 38.1 Å². The van der Waals surface area contributed by atoms with E-state index in [1.54, 1.807) is 7.05 Å². The Morgan fingerprint density at radius 3 is 1.41 bits per heavy atom. The molecular formula is C36H69N3O2. The van der Waals surface area contributed by atoms with Crippen molar-refractivity contribution in [3.63, 3.8) is 0 Å². The first-order chi connectivity index (χ1) is 20.1. The summed E-state index contributed by atoms with van der Waals surface area (Å²) in [5.74, 6) is 0.986. The fourth-order valence-electron chi connectivity index (χ4n) is 6.22. The van der Waals surface area contributed by atoms with Crippen molar-refractivity contribution in [1.82, 2.24) is 4.90 Å². The van der Waals surface area contributed by atoms with Crippen LogP contribution in [0, 0.1) is 5.92 Å². The third-order valence-electron chi connectivity index (χ3n) is 8.96. The number of rotatable bonds is 31. The van der Waals surface area contributed by atoms with Crippen LogP contribution in [0.5, 0.6) is 0 Å². The average Bonchev–Trinajstić information content (AvgIpc) is 2.98. The Morgan fingerprint density at radius 2 is 0.902 bits per heavy atom. The molecule has 0 unspecified atom stereocenters. The van der Waals surface area contributed by atoms with Crippen LogP contribution in [0.15, 0.2) is 9.59 Å². The Bertz CT molecular complexity index is 776. The van der Waals surface area contributed by atoms with E-state index in [0.717, 1.165) is 25.4 Å². The van der Waals surface area contributed by atoms with E-state index >= 15 is 0 Å². The number of hydrogen-bond donors (Lipinski definition) is 2. The Balaban J connectivity index is 2.23. The molecule has 0 aliphatic carbocycles. The van der Waals surface area contributed by atoms with Crippen molar-refractivity contribution >= 4 is 11.4 Å². The molecule has 0 heterocycles. The minimum Gasteiger partial charge on any atom is -0.383 e. The highest BCUT2D eigenvalue weighted by Crippen LogP contribution is 2.24. The van der Waals surface area contributed by atoms with Gasteiger partial charge in [-0.25, -0.2) is 0 Å². The van der Waals surface area contributed by atoms with Gasteiger partial charge in [-0.3, -0.25) is 9.59 Å². The van der Waals surface area contributed by atoms with Crippen molar-refractivity contribution in [1.29, 1.82) is 0 Å². The molecule has 5 heteroatoms. The second-order valence-electron chi connectivity index (χ2n) is 12.7. The monoisotopic (exact) mass is 576 g/mol. The van der Waals surface area contributed by atoms with E-state index in [2.05, 4.69) is 36.3 Å². The highest BCUT2D eigenvalue weighted by Gasteiger charge is 2.18. The lowest BCUT2D eigenvalue weighted by molar-refractivity contribution is 0.259. The molecule has 0 fully saturated rings. The average molecular weight is 576 g/mol. The van der Waals surface area contributed by atoms with Crippen LogP contribution in [0.1, 0.15) is 168 Å². The van der Waals surface area contributed by atoms with Gasteiger partial charge in [0.05, 0.1) is 0 Å². The maximum absolute atomic E-state index is 11.8. The van der Waals surface area contributed by atoms with Gasteiger partial charge in [0.1, 0.15) is 11.4 Å². The van der Waals surface area contributed by atoms with Crippen LogP contribution in [0.3, 0.4) is 0 Å². The fourth-order valence-corrected chi connectivity index (χ4v) is 6.22. The zero-order valence-electron chi connectivity index (χ0n) is 27.9. The molecule has 240 valence electrons. The molecular weight excluding hydrogens is 506 g/mol. The van der Waals surface area contributed by atoms with E-state index in [4.69, 9.17) is 0 Å². The van der Waals surface area contributed by atoms with Crippen LogP contribution < -0.4 is 21.5 Å². The van der Waals surface area contributed by atoms with E-state index < -0.39 is 5.43 Å². The van der Waals surface area contributed by atoms with Crippen LogP contribution in [-0.2, 0) is 0 Å². The summed E-state index contributed by atoms with van der Waals surface area (Å²) >= 11 is 0. The van der Waals surface area contributed by atoms with Crippen molar-refractivity contribution in [3.8, 4) is 0 Å². The highest BCUT2D eigenvalue weighted by molar-refractivity contribution is 5.73. The summed E-state index contributed by atoms with van der Waals surface area (Å²) in [5.41, 5.74) is 0.145. The molecule has 0 spiro atoms. The maximum Gasteiger partial charge on any atom is 0.253 e. The molecule has 5 nitrogen and oxygen atoms in total. The van der Waals surface area contributed by atoms with Gasteiger partial charge in [0.25, 0.3) is 10.9 Å². The van der Waals surface area contributed by atoms with Crippen molar-refractivity contribution in [3.05, 3.63) is 20.4 Å². The lowest BCUT2D eigenvalue weighted by atomic mass is 9.90. The Labute approximate surface area is 254 Å². The Kier molecular flexibility index (Phi) is 24.1. The van der Waals surface area contributed by atoms with E-state index in [1.807, 2.05) is 0 Å². The molecule has 1 rings (SSSR count). The molecule has 0 aliphatic heterocycles. The maximum atomic E-state index is 11.8. The van der Waals surface area contributed by atoms with Gasteiger partial charge in [0.2, 0.25) is 0 Å². The van der Waals surface area contributed by atoms with Gasteiger partial charge in [-0.15, -0.1) is 0 Å². The van der Waals surface area contributed by atoms with Gasteiger partial charge in [-0.1, -0.05) is 149 Å². The van der Waals surface area contributed by atoms with Crippen LogP contribution in [0.2, 0.25) is 0 Å². The summed E-state index contributed by atoms with van der Waals surface area (Å²) in [5, 5.41) is 6.04. The molecule has 2 N–H and O–H groups in total. The number of nitrogens with one attached hydrogen (secondary N) is 2. The lowest BCUT2D eigenvalue weighted by Crippen LogP contribution is -2.37. The van der Waals surface area contributed by atoms with Crippen LogP contribution in [0.4, 0.5) is 11.4 Å². The summed E-state index contributed by atoms with van der Waals surface area (Å²) in [7, 11) is 1.70. The van der Waals surface area contributed by atoms with E-state index in [-0.39, 0.29) is 5.43 Å². The second-order valence-corrected chi connectivity index (χ2v) is 12.7. The largest absolute Gasteiger partial charge is 0.383 e. The summed E-state index contributed by atoms with van der Waals surface area (Å²) in [4.78, 5) is 26.0. The summed E-state index contributed by atoms with van der Waals surface area (Å²) < 4.78 is 0. The third-order valence-corrected chi connectivity index (χ3v) is 8.96. The number of nitrogens with zero attached hydrogens (tertiary/aromatic N) is 1. The topological polar surface area (TPSA) is 61.4 Å². The first-order valence-corrected chi connectivity index (χ1v) is 18.1. The zero-order chi connectivity index (χ0) is 30.0. The summed E-state index contributed by atoms with van der Waals surface area (Å²) in [6.45, 7) is 11.1. The van der Waals surface area contributed by atoms with Gasteiger partial charge in [-0.2, -0.15) is 0 Å². The Hall–Kier alpha value is -1.36. The number of hydrogen-bond acceptors (Lipinski definition) is 5. The lowest BCUT2D eigenvalue weighted by Gasteiger charge is -2.23. The van der Waals surface area contributed by atoms with Crippen molar-refractivity contribution < 1.29 is 0 Å². The summed E-state index contributed by atoms with van der Waals surface area (Å²) in [6, 6.07) is 0. The predicted molar refractivity (Wildman–Crippen MR) is 183 cm³/mol. The van der Waals surface area contributed by atoms with Crippen molar-refractivity contribution in [2.24, 2.45) is 5.92 Å². The molecule has 0 atom stereocenters. The second kappa shape index (κ2) is 26.3. The molecule has 0 bridgehead atoms. The number of unbranched alkanes of at least 4 members (excludes halogenated alkanes) is 15.